The second kappa shape index (κ2) is 6.29. The van der Waals surface area contributed by atoms with Gasteiger partial charge < -0.3 is 25.4 Å². The third kappa shape index (κ3) is 3.67. The van der Waals surface area contributed by atoms with Gasteiger partial charge in [0, 0.05) is 19.6 Å². The number of hydrogen-bond donors (Lipinski definition) is 2. The molecule has 3 amide bonds. The van der Waals surface area contributed by atoms with Crippen molar-refractivity contribution < 1.29 is 19.4 Å². The van der Waals surface area contributed by atoms with Crippen LogP contribution in [0.1, 0.15) is 0 Å². The highest BCUT2D eigenvalue weighted by Crippen LogP contribution is 2.02. The minimum Gasteiger partial charge on any atom is -0.395 e. The van der Waals surface area contributed by atoms with Crippen molar-refractivity contribution in [3.05, 3.63) is 0 Å². The van der Waals surface area contributed by atoms with Crippen molar-refractivity contribution in [3.8, 4) is 0 Å². The smallest absolute Gasteiger partial charge is 0.320 e. The van der Waals surface area contributed by atoms with Crippen molar-refractivity contribution in [2.75, 3.05) is 46.0 Å². The van der Waals surface area contributed by atoms with E-state index in [0.29, 0.717) is 26.3 Å². The lowest BCUT2D eigenvalue weighted by Crippen LogP contribution is -2.51. The molecule has 16 heavy (non-hydrogen) atoms. The molecule has 92 valence electrons. The lowest BCUT2D eigenvalue weighted by atomic mass is 10.4. The fourth-order valence-electron chi connectivity index (χ4n) is 1.51. The van der Waals surface area contributed by atoms with Crippen molar-refractivity contribution >= 4 is 11.9 Å². The summed E-state index contributed by atoms with van der Waals surface area (Å²) in [6, 6.07) is -0.281. The van der Waals surface area contributed by atoms with Crippen LogP contribution >= 0.6 is 0 Å². The second-order valence-corrected chi connectivity index (χ2v) is 3.49. The molecule has 0 radical (unpaired) electrons. The molecule has 0 spiro atoms. The summed E-state index contributed by atoms with van der Waals surface area (Å²) < 4.78 is 5.12. The maximum Gasteiger partial charge on any atom is 0.320 e. The number of urea groups is 1. The number of aliphatic hydroxyl groups is 1. The number of hydrogen-bond acceptors (Lipinski definition) is 4. The maximum atomic E-state index is 11.9. The van der Waals surface area contributed by atoms with Crippen molar-refractivity contribution in [3.63, 3.8) is 0 Å². The van der Waals surface area contributed by atoms with E-state index in [9.17, 15) is 9.59 Å². The van der Waals surface area contributed by atoms with Crippen LogP contribution in [0.2, 0.25) is 0 Å². The Labute approximate surface area is 93.7 Å². The Kier molecular flexibility index (Phi) is 5.00. The van der Waals surface area contributed by atoms with E-state index in [2.05, 4.69) is 0 Å². The fourth-order valence-corrected chi connectivity index (χ4v) is 1.51. The van der Waals surface area contributed by atoms with E-state index in [4.69, 9.17) is 15.6 Å². The zero-order valence-corrected chi connectivity index (χ0v) is 9.09. The Hall–Kier alpha value is -1.34. The average Bonchev–Trinajstić information content (AvgIpc) is 2.28. The van der Waals surface area contributed by atoms with E-state index in [-0.39, 0.29) is 25.7 Å². The Balaban J connectivity index is 2.54. The Morgan fingerprint density at radius 2 is 2.00 bits per heavy atom. The van der Waals surface area contributed by atoms with Gasteiger partial charge in [-0.25, -0.2) is 4.79 Å². The van der Waals surface area contributed by atoms with Crippen LogP contribution in [-0.4, -0.2) is 72.8 Å². The molecular formula is C9H17N3O4. The van der Waals surface area contributed by atoms with Crippen molar-refractivity contribution in [1.29, 1.82) is 0 Å². The molecule has 1 aliphatic rings. The Bertz CT molecular complexity index is 253. The van der Waals surface area contributed by atoms with Crippen LogP contribution in [0.25, 0.3) is 0 Å². The molecule has 7 heteroatoms. The molecule has 3 N–H and O–H groups in total. The van der Waals surface area contributed by atoms with Gasteiger partial charge in [-0.15, -0.1) is 0 Å². The molecule has 1 rings (SSSR count). The number of morpholine rings is 1. The number of amides is 3. The average molecular weight is 231 g/mol. The number of ether oxygens (including phenoxy) is 1. The zero-order chi connectivity index (χ0) is 12.0. The summed E-state index contributed by atoms with van der Waals surface area (Å²) in [4.78, 5) is 25.5. The summed E-state index contributed by atoms with van der Waals surface area (Å²) in [5.74, 6) is -0.588. The van der Waals surface area contributed by atoms with Gasteiger partial charge in [0.15, 0.2) is 0 Å². The van der Waals surface area contributed by atoms with Gasteiger partial charge in [0.05, 0.1) is 19.8 Å². The minimum atomic E-state index is -0.588. The summed E-state index contributed by atoms with van der Waals surface area (Å²) in [7, 11) is 0. The van der Waals surface area contributed by atoms with Crippen LogP contribution in [0.4, 0.5) is 4.79 Å². The normalized spacial score (nSPS) is 15.9. The van der Waals surface area contributed by atoms with Gasteiger partial charge in [-0.1, -0.05) is 0 Å². The van der Waals surface area contributed by atoms with Gasteiger partial charge in [-0.05, 0) is 0 Å². The molecule has 0 unspecified atom stereocenters. The highest BCUT2D eigenvalue weighted by molar-refractivity contribution is 5.83. The highest BCUT2D eigenvalue weighted by Gasteiger charge is 2.23. The Morgan fingerprint density at radius 1 is 1.38 bits per heavy atom. The van der Waals surface area contributed by atoms with E-state index in [1.165, 1.54) is 4.90 Å². The van der Waals surface area contributed by atoms with Crippen molar-refractivity contribution in [2.24, 2.45) is 5.73 Å². The zero-order valence-electron chi connectivity index (χ0n) is 9.09. The van der Waals surface area contributed by atoms with E-state index in [1.54, 1.807) is 4.90 Å². The number of carbonyl (C=O) groups excluding carboxylic acids is 2. The summed E-state index contributed by atoms with van der Waals surface area (Å²) in [5.41, 5.74) is 5.03. The predicted octanol–water partition coefficient (Wildman–Crippen LogP) is -1.78. The predicted molar refractivity (Wildman–Crippen MR) is 55.6 cm³/mol. The standard InChI is InChI=1S/C9H17N3O4/c10-8(14)7-12(1-4-13)9(15)11-2-5-16-6-3-11/h13H,1-7H2,(H2,10,14). The SMILES string of the molecule is NC(=O)CN(CCO)C(=O)N1CCOCC1. The second-order valence-electron chi connectivity index (χ2n) is 3.49. The van der Waals surface area contributed by atoms with E-state index in [0.717, 1.165) is 0 Å². The molecule has 1 fully saturated rings. The first kappa shape index (κ1) is 12.7. The van der Waals surface area contributed by atoms with Crippen molar-refractivity contribution in [2.45, 2.75) is 0 Å². The van der Waals surface area contributed by atoms with Crippen LogP contribution in [0.5, 0.6) is 0 Å². The number of aliphatic hydroxyl groups excluding tert-OH is 1. The highest BCUT2D eigenvalue weighted by atomic mass is 16.5. The third-order valence-corrected chi connectivity index (χ3v) is 2.27. The van der Waals surface area contributed by atoms with E-state index < -0.39 is 5.91 Å². The Morgan fingerprint density at radius 3 is 2.50 bits per heavy atom. The first-order chi connectivity index (χ1) is 7.65. The number of carbonyl (C=O) groups is 2. The van der Waals surface area contributed by atoms with Gasteiger partial charge in [-0.2, -0.15) is 0 Å². The molecule has 0 aromatic carbocycles. The molecule has 1 saturated heterocycles. The molecule has 1 heterocycles. The van der Waals surface area contributed by atoms with Crippen molar-refractivity contribution in [1.82, 2.24) is 9.80 Å². The van der Waals surface area contributed by atoms with Gasteiger partial charge in [0.2, 0.25) is 5.91 Å². The molecular weight excluding hydrogens is 214 g/mol. The maximum absolute atomic E-state index is 11.9. The van der Waals surface area contributed by atoms with Gasteiger partial charge in [0.25, 0.3) is 0 Å². The van der Waals surface area contributed by atoms with Crippen LogP contribution < -0.4 is 5.73 Å². The molecule has 0 bridgehead atoms. The molecule has 0 atom stereocenters. The summed E-state index contributed by atoms with van der Waals surface area (Å²) in [5, 5.41) is 8.81. The van der Waals surface area contributed by atoms with E-state index >= 15 is 0 Å². The number of primary amides is 1. The van der Waals surface area contributed by atoms with Gasteiger partial charge in [0.1, 0.15) is 6.54 Å². The molecule has 0 aliphatic carbocycles. The lowest BCUT2D eigenvalue weighted by Gasteiger charge is -2.32. The molecule has 7 nitrogen and oxygen atoms in total. The largest absolute Gasteiger partial charge is 0.395 e. The fraction of sp³-hybridized carbons (Fsp3) is 0.778. The van der Waals surface area contributed by atoms with E-state index in [1.807, 2.05) is 0 Å². The quantitative estimate of drug-likeness (QED) is 0.597. The first-order valence-corrected chi connectivity index (χ1v) is 5.16. The molecule has 0 aromatic heterocycles. The molecule has 1 aliphatic heterocycles. The number of rotatable bonds is 4. The van der Waals surface area contributed by atoms with Crippen LogP contribution in [0.15, 0.2) is 0 Å². The lowest BCUT2D eigenvalue weighted by molar-refractivity contribution is -0.118. The minimum absolute atomic E-state index is 0.110. The first-order valence-electron chi connectivity index (χ1n) is 5.16. The van der Waals surface area contributed by atoms with Crippen LogP contribution in [0.3, 0.4) is 0 Å². The molecule has 0 saturated carbocycles. The number of nitrogens with two attached hydrogens (primary N) is 1. The summed E-state index contributed by atoms with van der Waals surface area (Å²) in [6.45, 7) is 1.74. The summed E-state index contributed by atoms with van der Waals surface area (Å²) in [6.07, 6.45) is 0. The third-order valence-electron chi connectivity index (χ3n) is 2.27. The molecule has 0 aromatic rings. The number of nitrogens with zero attached hydrogens (tertiary/aromatic N) is 2. The van der Waals surface area contributed by atoms with Gasteiger partial charge >= 0.3 is 6.03 Å². The summed E-state index contributed by atoms with van der Waals surface area (Å²) >= 11 is 0. The van der Waals surface area contributed by atoms with Gasteiger partial charge in [-0.3, -0.25) is 4.79 Å². The monoisotopic (exact) mass is 231 g/mol. The topological polar surface area (TPSA) is 96.1 Å². The van der Waals surface area contributed by atoms with Crippen LogP contribution in [-0.2, 0) is 9.53 Å². The van der Waals surface area contributed by atoms with Crippen LogP contribution in [0, 0.1) is 0 Å².